The van der Waals surface area contributed by atoms with Crippen molar-refractivity contribution in [3.05, 3.63) is 34.9 Å². The molecule has 0 spiro atoms. The van der Waals surface area contributed by atoms with Gasteiger partial charge >= 0.3 is 0 Å². The summed E-state index contributed by atoms with van der Waals surface area (Å²) in [5.74, 6) is -1.39. The zero-order valence-corrected chi connectivity index (χ0v) is 9.99. The number of nitrogens with two attached hydrogens (primary N) is 2. The van der Waals surface area contributed by atoms with Crippen LogP contribution >= 0.6 is 0 Å². The summed E-state index contributed by atoms with van der Waals surface area (Å²) < 4.78 is 0. The molecule has 0 heterocycles. The molecule has 1 fully saturated rings. The Labute approximate surface area is 100.0 Å². The van der Waals surface area contributed by atoms with E-state index in [1.54, 1.807) is 0 Å². The van der Waals surface area contributed by atoms with Gasteiger partial charge in [0.05, 0.1) is 0 Å². The van der Waals surface area contributed by atoms with Crippen molar-refractivity contribution < 1.29 is 9.59 Å². The zero-order valence-electron chi connectivity index (χ0n) is 9.99. The third kappa shape index (κ3) is 1.60. The van der Waals surface area contributed by atoms with Gasteiger partial charge in [0.25, 0.3) is 0 Å². The lowest BCUT2D eigenvalue weighted by molar-refractivity contribution is -0.133. The van der Waals surface area contributed by atoms with E-state index in [9.17, 15) is 9.59 Å². The summed E-state index contributed by atoms with van der Waals surface area (Å²) >= 11 is 0. The smallest absolute Gasteiger partial charge is 0.233 e. The van der Waals surface area contributed by atoms with E-state index in [0.717, 1.165) is 11.1 Å². The van der Waals surface area contributed by atoms with Crippen molar-refractivity contribution in [2.45, 2.75) is 26.2 Å². The molecule has 0 aliphatic heterocycles. The first-order chi connectivity index (χ1) is 7.89. The van der Waals surface area contributed by atoms with Gasteiger partial charge in [0.1, 0.15) is 5.41 Å². The van der Waals surface area contributed by atoms with Crippen LogP contribution in [0.3, 0.4) is 0 Å². The molecular formula is C13H16N2O2. The van der Waals surface area contributed by atoms with Crippen molar-refractivity contribution in [1.82, 2.24) is 0 Å². The van der Waals surface area contributed by atoms with Crippen LogP contribution in [-0.4, -0.2) is 11.8 Å². The maximum absolute atomic E-state index is 11.4. The van der Waals surface area contributed by atoms with E-state index in [2.05, 4.69) is 0 Å². The Morgan fingerprint density at radius 2 is 1.76 bits per heavy atom. The number of hydrogen-bond acceptors (Lipinski definition) is 2. The molecule has 0 bridgehead atoms. The molecule has 4 nitrogen and oxygen atoms in total. The third-order valence-corrected chi connectivity index (χ3v) is 3.77. The van der Waals surface area contributed by atoms with Gasteiger partial charge in [-0.1, -0.05) is 18.2 Å². The fourth-order valence-electron chi connectivity index (χ4n) is 2.31. The van der Waals surface area contributed by atoms with Crippen LogP contribution in [-0.2, 0) is 9.59 Å². The lowest BCUT2D eigenvalue weighted by atomic mass is 9.95. The van der Waals surface area contributed by atoms with E-state index < -0.39 is 17.2 Å². The predicted molar refractivity (Wildman–Crippen MR) is 64.1 cm³/mol. The molecule has 90 valence electrons. The van der Waals surface area contributed by atoms with E-state index in [1.165, 1.54) is 5.56 Å². The fourth-order valence-corrected chi connectivity index (χ4v) is 2.31. The Morgan fingerprint density at radius 1 is 1.18 bits per heavy atom. The van der Waals surface area contributed by atoms with Crippen molar-refractivity contribution in [3.8, 4) is 0 Å². The van der Waals surface area contributed by atoms with Crippen molar-refractivity contribution >= 4 is 11.8 Å². The minimum absolute atomic E-state index is 0.156. The van der Waals surface area contributed by atoms with Crippen LogP contribution < -0.4 is 11.5 Å². The highest BCUT2D eigenvalue weighted by molar-refractivity contribution is 6.08. The zero-order chi connectivity index (χ0) is 12.8. The van der Waals surface area contributed by atoms with Gasteiger partial charge in [-0.05, 0) is 37.0 Å². The van der Waals surface area contributed by atoms with Gasteiger partial charge in [-0.2, -0.15) is 0 Å². The van der Waals surface area contributed by atoms with Crippen LogP contribution in [0.1, 0.15) is 29.0 Å². The second-order valence-corrected chi connectivity index (χ2v) is 4.80. The van der Waals surface area contributed by atoms with Crippen LogP contribution in [0.15, 0.2) is 18.2 Å². The van der Waals surface area contributed by atoms with Crippen LogP contribution in [0.2, 0.25) is 0 Å². The van der Waals surface area contributed by atoms with Crippen LogP contribution in [0.4, 0.5) is 0 Å². The number of carbonyl (C=O) groups excluding carboxylic acids is 2. The summed E-state index contributed by atoms with van der Waals surface area (Å²) in [7, 11) is 0. The number of carbonyl (C=O) groups is 2. The van der Waals surface area contributed by atoms with E-state index in [-0.39, 0.29) is 5.92 Å². The number of rotatable bonds is 3. The summed E-state index contributed by atoms with van der Waals surface area (Å²) in [6, 6.07) is 5.91. The molecule has 0 saturated heterocycles. The third-order valence-electron chi connectivity index (χ3n) is 3.77. The average Bonchev–Trinajstić information content (AvgIpc) is 2.98. The predicted octanol–water partition coefficient (Wildman–Crippen LogP) is 0.748. The van der Waals surface area contributed by atoms with Gasteiger partial charge in [0.15, 0.2) is 0 Å². The first-order valence-electron chi connectivity index (χ1n) is 5.56. The number of aryl methyl sites for hydroxylation is 2. The molecule has 2 amide bonds. The highest BCUT2D eigenvalue weighted by Crippen LogP contribution is 2.59. The summed E-state index contributed by atoms with van der Waals surface area (Å²) in [6.45, 7) is 4.01. The maximum atomic E-state index is 11.4. The molecule has 1 saturated carbocycles. The van der Waals surface area contributed by atoms with Crippen LogP contribution in [0.5, 0.6) is 0 Å². The molecule has 1 aromatic rings. The molecule has 1 aliphatic carbocycles. The molecule has 1 aromatic carbocycles. The van der Waals surface area contributed by atoms with E-state index >= 15 is 0 Å². The quantitative estimate of drug-likeness (QED) is 0.753. The largest absolute Gasteiger partial charge is 0.369 e. The molecule has 4 heteroatoms. The Bertz CT molecular complexity index is 494. The number of hydrogen-bond donors (Lipinski definition) is 2. The summed E-state index contributed by atoms with van der Waals surface area (Å²) in [4.78, 5) is 22.8. The Morgan fingerprint density at radius 3 is 2.18 bits per heavy atom. The second kappa shape index (κ2) is 3.58. The minimum Gasteiger partial charge on any atom is -0.369 e. The molecule has 0 radical (unpaired) electrons. The van der Waals surface area contributed by atoms with E-state index in [0.29, 0.717) is 6.42 Å². The van der Waals surface area contributed by atoms with E-state index in [4.69, 9.17) is 11.5 Å². The lowest BCUT2D eigenvalue weighted by Crippen LogP contribution is -2.38. The normalized spacial score (nSPS) is 20.9. The minimum atomic E-state index is -1.16. The number of benzene rings is 1. The molecule has 1 unspecified atom stereocenters. The van der Waals surface area contributed by atoms with Gasteiger partial charge in [-0.25, -0.2) is 0 Å². The first-order valence-corrected chi connectivity index (χ1v) is 5.56. The second-order valence-electron chi connectivity index (χ2n) is 4.80. The lowest BCUT2D eigenvalue weighted by Gasteiger charge is -2.10. The van der Waals surface area contributed by atoms with Gasteiger partial charge in [-0.3, -0.25) is 9.59 Å². The summed E-state index contributed by atoms with van der Waals surface area (Å²) in [5, 5.41) is 0. The van der Waals surface area contributed by atoms with Crippen molar-refractivity contribution in [2.75, 3.05) is 0 Å². The topological polar surface area (TPSA) is 86.2 Å². The van der Waals surface area contributed by atoms with Crippen molar-refractivity contribution in [3.63, 3.8) is 0 Å². The SMILES string of the molecule is Cc1ccc(C2CC2(C(N)=O)C(N)=O)cc1C. The van der Waals surface area contributed by atoms with Gasteiger partial charge < -0.3 is 11.5 Å². The van der Waals surface area contributed by atoms with Gasteiger partial charge in [0, 0.05) is 5.92 Å². The Kier molecular flexibility index (Phi) is 2.45. The highest BCUT2D eigenvalue weighted by Gasteiger charge is 2.64. The monoisotopic (exact) mass is 232 g/mol. The molecule has 4 N–H and O–H groups in total. The average molecular weight is 232 g/mol. The fraction of sp³-hybridized carbons (Fsp3) is 0.385. The van der Waals surface area contributed by atoms with Gasteiger partial charge in [-0.15, -0.1) is 0 Å². The highest BCUT2D eigenvalue weighted by atomic mass is 16.2. The van der Waals surface area contributed by atoms with Crippen molar-refractivity contribution in [2.24, 2.45) is 16.9 Å². The molecule has 2 rings (SSSR count). The molecular weight excluding hydrogens is 216 g/mol. The number of primary amides is 2. The van der Waals surface area contributed by atoms with Crippen LogP contribution in [0, 0.1) is 19.3 Å². The number of amides is 2. The van der Waals surface area contributed by atoms with Crippen LogP contribution in [0.25, 0.3) is 0 Å². The Hall–Kier alpha value is -1.84. The summed E-state index contributed by atoms with van der Waals surface area (Å²) in [6.07, 6.45) is 0.431. The molecule has 0 aromatic heterocycles. The first kappa shape index (κ1) is 11.6. The maximum Gasteiger partial charge on any atom is 0.233 e. The summed E-state index contributed by atoms with van der Waals surface area (Å²) in [5.41, 5.74) is 12.7. The molecule has 17 heavy (non-hydrogen) atoms. The molecule has 1 aliphatic rings. The van der Waals surface area contributed by atoms with Crippen molar-refractivity contribution in [1.29, 1.82) is 0 Å². The molecule has 1 atom stereocenters. The van der Waals surface area contributed by atoms with E-state index in [1.807, 2.05) is 32.0 Å². The van der Waals surface area contributed by atoms with Gasteiger partial charge in [0.2, 0.25) is 11.8 Å². The Balaban J connectivity index is 2.35. The standard InChI is InChI=1S/C13H16N2O2/c1-7-3-4-9(5-8(7)2)10-6-13(10,11(14)16)12(15)17/h3-5,10H,6H2,1-2H3,(H2,14,16)(H2,15,17).